The molecule has 0 aliphatic heterocycles. The Balaban J connectivity index is 1.59. The molecule has 0 spiro atoms. The zero-order valence-electron chi connectivity index (χ0n) is 13.5. The lowest BCUT2D eigenvalue weighted by Crippen LogP contribution is -2.22. The maximum Gasteiger partial charge on any atom is 0.573 e. The standard InChI is InChI=1S/C19H15F3N2O2/c20-19(21,22)26-15-10-8-14(9-11-15)24-18(25)12-23-17-7-3-5-13-4-1-2-6-16(13)17/h1-11,23H,12H2,(H,24,25). The van der Waals surface area contributed by atoms with Crippen LogP contribution in [0.4, 0.5) is 24.5 Å². The van der Waals surface area contributed by atoms with Gasteiger partial charge >= 0.3 is 6.36 Å². The summed E-state index contributed by atoms with van der Waals surface area (Å²) in [6.07, 6.45) is -4.74. The number of hydrogen-bond acceptors (Lipinski definition) is 3. The Hall–Kier alpha value is -3.22. The van der Waals surface area contributed by atoms with Gasteiger partial charge in [0, 0.05) is 16.8 Å². The number of fused-ring (bicyclic) bond motifs is 1. The first-order valence-corrected chi connectivity index (χ1v) is 7.78. The quantitative estimate of drug-likeness (QED) is 0.688. The van der Waals surface area contributed by atoms with Gasteiger partial charge < -0.3 is 15.4 Å². The van der Waals surface area contributed by atoms with Crippen LogP contribution in [0.25, 0.3) is 10.8 Å². The minimum absolute atomic E-state index is 0.0226. The second-order valence-corrected chi connectivity index (χ2v) is 5.50. The van der Waals surface area contributed by atoms with Gasteiger partial charge in [0.15, 0.2) is 0 Å². The average molecular weight is 360 g/mol. The average Bonchev–Trinajstić information content (AvgIpc) is 2.60. The van der Waals surface area contributed by atoms with Crippen molar-refractivity contribution < 1.29 is 22.7 Å². The number of carbonyl (C=O) groups excluding carboxylic acids is 1. The molecule has 3 aromatic carbocycles. The van der Waals surface area contributed by atoms with Gasteiger partial charge in [0.2, 0.25) is 5.91 Å². The van der Waals surface area contributed by atoms with Gasteiger partial charge in [-0.3, -0.25) is 4.79 Å². The van der Waals surface area contributed by atoms with Crippen molar-refractivity contribution >= 4 is 28.1 Å². The molecule has 0 unspecified atom stereocenters. The van der Waals surface area contributed by atoms with Gasteiger partial charge in [-0.25, -0.2) is 0 Å². The maximum atomic E-state index is 12.1. The number of alkyl halides is 3. The summed E-state index contributed by atoms with van der Waals surface area (Å²) in [5, 5.41) is 7.73. The molecule has 134 valence electrons. The van der Waals surface area contributed by atoms with E-state index in [1.54, 1.807) is 0 Å². The van der Waals surface area contributed by atoms with Crippen molar-refractivity contribution in [2.45, 2.75) is 6.36 Å². The van der Waals surface area contributed by atoms with Gasteiger partial charge in [-0.05, 0) is 35.7 Å². The fraction of sp³-hybridized carbons (Fsp3) is 0.105. The minimum Gasteiger partial charge on any atom is -0.406 e. The van der Waals surface area contributed by atoms with Crippen molar-refractivity contribution in [3.8, 4) is 5.75 Å². The van der Waals surface area contributed by atoms with Crippen LogP contribution in [0, 0.1) is 0 Å². The summed E-state index contributed by atoms with van der Waals surface area (Å²) in [7, 11) is 0. The van der Waals surface area contributed by atoms with E-state index in [1.807, 2.05) is 42.5 Å². The molecule has 0 aliphatic rings. The smallest absolute Gasteiger partial charge is 0.406 e. The molecular weight excluding hydrogens is 345 g/mol. The molecule has 0 saturated heterocycles. The Kier molecular flexibility index (Phi) is 4.97. The summed E-state index contributed by atoms with van der Waals surface area (Å²) in [5.74, 6) is -0.660. The summed E-state index contributed by atoms with van der Waals surface area (Å²) in [4.78, 5) is 12.1. The first kappa shape index (κ1) is 17.6. The summed E-state index contributed by atoms with van der Waals surface area (Å²) in [5.41, 5.74) is 1.21. The highest BCUT2D eigenvalue weighted by molar-refractivity contribution is 5.97. The predicted molar refractivity (Wildman–Crippen MR) is 94.2 cm³/mol. The van der Waals surface area contributed by atoms with Gasteiger partial charge in [-0.15, -0.1) is 13.2 Å². The second kappa shape index (κ2) is 7.35. The summed E-state index contributed by atoms with van der Waals surface area (Å²) < 4.78 is 40.2. The van der Waals surface area contributed by atoms with E-state index in [4.69, 9.17) is 0 Å². The number of anilines is 2. The van der Waals surface area contributed by atoms with Crippen molar-refractivity contribution in [1.82, 2.24) is 0 Å². The number of nitrogens with one attached hydrogen (secondary N) is 2. The van der Waals surface area contributed by atoms with Crippen molar-refractivity contribution in [2.75, 3.05) is 17.2 Å². The highest BCUT2D eigenvalue weighted by Crippen LogP contribution is 2.24. The Morgan fingerprint density at radius 2 is 1.62 bits per heavy atom. The highest BCUT2D eigenvalue weighted by atomic mass is 19.4. The minimum atomic E-state index is -4.74. The van der Waals surface area contributed by atoms with E-state index < -0.39 is 6.36 Å². The second-order valence-electron chi connectivity index (χ2n) is 5.50. The Labute approximate surface area is 147 Å². The van der Waals surface area contributed by atoms with Gasteiger partial charge in [0.1, 0.15) is 5.75 Å². The van der Waals surface area contributed by atoms with Gasteiger partial charge in [0.25, 0.3) is 0 Å². The molecule has 0 heterocycles. The molecule has 0 aromatic heterocycles. The zero-order chi connectivity index (χ0) is 18.6. The van der Waals surface area contributed by atoms with Crippen LogP contribution in [0.1, 0.15) is 0 Å². The maximum absolute atomic E-state index is 12.1. The fourth-order valence-corrected chi connectivity index (χ4v) is 2.50. The first-order chi connectivity index (χ1) is 12.4. The molecule has 3 rings (SSSR count). The molecule has 7 heteroatoms. The molecule has 0 fully saturated rings. The van der Waals surface area contributed by atoms with Crippen LogP contribution in [0.15, 0.2) is 66.7 Å². The predicted octanol–water partition coefficient (Wildman–Crippen LogP) is 4.79. The fourth-order valence-electron chi connectivity index (χ4n) is 2.50. The van der Waals surface area contributed by atoms with E-state index in [9.17, 15) is 18.0 Å². The molecule has 3 aromatic rings. The van der Waals surface area contributed by atoms with Crippen LogP contribution in [0.3, 0.4) is 0 Å². The van der Waals surface area contributed by atoms with Gasteiger partial charge in [0.05, 0.1) is 6.54 Å². The third-order valence-corrected chi connectivity index (χ3v) is 3.60. The SMILES string of the molecule is O=C(CNc1cccc2ccccc12)Nc1ccc(OC(F)(F)F)cc1. The Morgan fingerprint density at radius 1 is 0.923 bits per heavy atom. The van der Waals surface area contributed by atoms with E-state index in [0.29, 0.717) is 5.69 Å². The number of hydrogen-bond donors (Lipinski definition) is 2. The normalized spacial score (nSPS) is 11.2. The molecular formula is C19H15F3N2O2. The number of halogens is 3. The van der Waals surface area contributed by atoms with E-state index in [0.717, 1.165) is 28.6 Å². The zero-order valence-corrected chi connectivity index (χ0v) is 13.5. The lowest BCUT2D eigenvalue weighted by atomic mass is 10.1. The molecule has 0 aliphatic carbocycles. The van der Waals surface area contributed by atoms with Crippen LogP contribution in [-0.2, 0) is 4.79 Å². The van der Waals surface area contributed by atoms with Gasteiger partial charge in [-0.2, -0.15) is 0 Å². The number of carbonyl (C=O) groups is 1. The number of rotatable bonds is 5. The Morgan fingerprint density at radius 3 is 2.35 bits per heavy atom. The van der Waals surface area contributed by atoms with Crippen LogP contribution in [0.5, 0.6) is 5.75 Å². The van der Waals surface area contributed by atoms with Crippen LogP contribution in [-0.4, -0.2) is 18.8 Å². The van der Waals surface area contributed by atoms with Crippen LogP contribution in [0.2, 0.25) is 0 Å². The summed E-state index contributed by atoms with van der Waals surface area (Å²) in [6.45, 7) is 0.0226. The van der Waals surface area contributed by atoms with E-state index >= 15 is 0 Å². The van der Waals surface area contributed by atoms with Crippen LogP contribution >= 0.6 is 0 Å². The third-order valence-electron chi connectivity index (χ3n) is 3.60. The number of ether oxygens (including phenoxy) is 1. The number of benzene rings is 3. The van der Waals surface area contributed by atoms with E-state index in [1.165, 1.54) is 12.1 Å². The highest BCUT2D eigenvalue weighted by Gasteiger charge is 2.30. The summed E-state index contributed by atoms with van der Waals surface area (Å²) in [6, 6.07) is 18.5. The molecule has 4 nitrogen and oxygen atoms in total. The lowest BCUT2D eigenvalue weighted by molar-refractivity contribution is -0.274. The molecule has 1 amide bonds. The van der Waals surface area contributed by atoms with E-state index in [2.05, 4.69) is 15.4 Å². The van der Waals surface area contributed by atoms with Crippen molar-refractivity contribution in [3.05, 3.63) is 66.7 Å². The third kappa shape index (κ3) is 4.66. The Bertz CT molecular complexity index is 903. The molecule has 2 N–H and O–H groups in total. The monoisotopic (exact) mass is 360 g/mol. The summed E-state index contributed by atoms with van der Waals surface area (Å²) >= 11 is 0. The molecule has 26 heavy (non-hydrogen) atoms. The first-order valence-electron chi connectivity index (χ1n) is 7.78. The largest absolute Gasteiger partial charge is 0.573 e. The van der Waals surface area contributed by atoms with Crippen LogP contribution < -0.4 is 15.4 Å². The topological polar surface area (TPSA) is 50.4 Å². The molecule has 0 saturated carbocycles. The lowest BCUT2D eigenvalue weighted by Gasteiger charge is -2.11. The van der Waals surface area contributed by atoms with Gasteiger partial charge in [-0.1, -0.05) is 36.4 Å². The number of amides is 1. The van der Waals surface area contributed by atoms with Crippen molar-refractivity contribution in [2.24, 2.45) is 0 Å². The van der Waals surface area contributed by atoms with E-state index in [-0.39, 0.29) is 18.2 Å². The molecule has 0 bridgehead atoms. The molecule has 0 atom stereocenters. The molecule has 0 radical (unpaired) electrons. The van der Waals surface area contributed by atoms with Crippen molar-refractivity contribution in [1.29, 1.82) is 0 Å². The van der Waals surface area contributed by atoms with Crippen molar-refractivity contribution in [3.63, 3.8) is 0 Å².